The molecule has 24 heavy (non-hydrogen) atoms. The highest BCUT2D eigenvalue weighted by Gasteiger charge is 2.11. The first-order chi connectivity index (χ1) is 11.5. The molecule has 2 aromatic carbocycles. The van der Waals surface area contributed by atoms with Gasteiger partial charge in [-0.25, -0.2) is 0 Å². The van der Waals surface area contributed by atoms with Crippen LogP contribution in [0.4, 0.5) is 5.69 Å². The number of anilines is 1. The van der Waals surface area contributed by atoms with Crippen molar-refractivity contribution in [2.45, 2.75) is 6.92 Å². The molecule has 0 aliphatic heterocycles. The molecule has 0 spiro atoms. The number of ether oxygens (including phenoxy) is 1. The van der Waals surface area contributed by atoms with Crippen molar-refractivity contribution in [1.82, 2.24) is 0 Å². The average Bonchev–Trinajstić information content (AvgIpc) is 2.56. The third-order valence-corrected chi connectivity index (χ3v) is 3.56. The van der Waals surface area contributed by atoms with Crippen molar-refractivity contribution in [2.24, 2.45) is 0 Å². The van der Waals surface area contributed by atoms with Gasteiger partial charge in [0, 0.05) is 11.3 Å². The number of amides is 1. The lowest BCUT2D eigenvalue weighted by Crippen LogP contribution is -3.10. The Morgan fingerprint density at radius 3 is 2.54 bits per heavy atom. The number of para-hydroxylation sites is 1. The first-order valence-electron chi connectivity index (χ1n) is 7.94. The zero-order valence-corrected chi connectivity index (χ0v) is 14.0. The number of carbonyl (C=O) groups excluding carboxylic acids is 2. The highest BCUT2D eigenvalue weighted by atomic mass is 16.5. The average molecular weight is 327 g/mol. The Bertz CT molecular complexity index is 686. The summed E-state index contributed by atoms with van der Waals surface area (Å²) in [7, 11) is 1.94. The summed E-state index contributed by atoms with van der Waals surface area (Å²) >= 11 is 0. The first-order valence-corrected chi connectivity index (χ1v) is 7.94. The van der Waals surface area contributed by atoms with Crippen molar-refractivity contribution >= 4 is 17.4 Å². The predicted octanol–water partition coefficient (Wildman–Crippen LogP) is 1.42. The minimum absolute atomic E-state index is 0.0214. The Kier molecular flexibility index (Phi) is 6.51. The summed E-state index contributed by atoms with van der Waals surface area (Å²) in [6, 6.07) is 16.6. The molecule has 5 nitrogen and oxygen atoms in total. The number of hydrogen-bond donors (Lipinski definition) is 2. The fourth-order valence-electron chi connectivity index (χ4n) is 2.24. The Hall–Kier alpha value is -2.66. The van der Waals surface area contributed by atoms with Crippen LogP contribution < -0.4 is 15.0 Å². The van der Waals surface area contributed by atoms with Crippen LogP contribution in [0.2, 0.25) is 0 Å². The number of carbonyl (C=O) groups is 2. The quantitative estimate of drug-likeness (QED) is 0.721. The zero-order chi connectivity index (χ0) is 17.4. The van der Waals surface area contributed by atoms with Crippen LogP contribution in [0, 0.1) is 0 Å². The molecule has 2 aromatic rings. The minimum atomic E-state index is -0.0899. The van der Waals surface area contributed by atoms with Gasteiger partial charge >= 0.3 is 0 Å². The molecule has 5 heteroatoms. The van der Waals surface area contributed by atoms with Gasteiger partial charge in [0.15, 0.2) is 12.3 Å². The highest BCUT2D eigenvalue weighted by Crippen LogP contribution is 2.10. The van der Waals surface area contributed by atoms with Gasteiger partial charge < -0.3 is 15.0 Å². The largest absolute Gasteiger partial charge is 0.488 e. The number of ketones is 1. The fraction of sp³-hybridized carbons (Fsp3) is 0.263. The number of likely N-dealkylation sites (N-methyl/N-ethyl adjacent to an activating group) is 1. The zero-order valence-electron chi connectivity index (χ0n) is 14.0. The highest BCUT2D eigenvalue weighted by molar-refractivity contribution is 5.97. The van der Waals surface area contributed by atoms with Crippen LogP contribution in [0.15, 0.2) is 54.6 Å². The summed E-state index contributed by atoms with van der Waals surface area (Å²) in [5.41, 5.74) is 1.23. The van der Waals surface area contributed by atoms with Crippen molar-refractivity contribution in [3.63, 3.8) is 0 Å². The van der Waals surface area contributed by atoms with Gasteiger partial charge in [0.05, 0.1) is 7.05 Å². The van der Waals surface area contributed by atoms with Crippen LogP contribution >= 0.6 is 0 Å². The van der Waals surface area contributed by atoms with E-state index in [1.165, 1.54) is 6.92 Å². The Morgan fingerprint density at radius 2 is 1.83 bits per heavy atom. The summed E-state index contributed by atoms with van der Waals surface area (Å²) < 4.78 is 5.63. The smallest absolute Gasteiger partial charge is 0.279 e. The molecule has 1 amide bonds. The molecule has 0 saturated heterocycles. The van der Waals surface area contributed by atoms with Crippen molar-refractivity contribution in [1.29, 1.82) is 0 Å². The SMILES string of the molecule is CC(=O)c1cccc(NC(=O)C[NH+](C)CCOc2ccccc2)c1. The van der Waals surface area contributed by atoms with E-state index in [-0.39, 0.29) is 11.7 Å². The Morgan fingerprint density at radius 1 is 1.08 bits per heavy atom. The van der Waals surface area contributed by atoms with Crippen LogP contribution in [-0.2, 0) is 4.79 Å². The summed E-state index contributed by atoms with van der Waals surface area (Å²) in [5.74, 6) is 0.718. The molecule has 0 fully saturated rings. The number of Topliss-reactive ketones (excluding diaryl/α,β-unsaturated/α-hetero) is 1. The van der Waals surface area contributed by atoms with E-state index in [1.807, 2.05) is 37.4 Å². The van der Waals surface area contributed by atoms with Gasteiger partial charge in [-0.05, 0) is 31.2 Å². The van der Waals surface area contributed by atoms with Gasteiger partial charge in [-0.1, -0.05) is 30.3 Å². The normalized spacial score (nSPS) is 11.6. The van der Waals surface area contributed by atoms with Crippen LogP contribution in [0.1, 0.15) is 17.3 Å². The predicted molar refractivity (Wildman–Crippen MR) is 93.6 cm³/mol. The Balaban J connectivity index is 1.75. The third kappa shape index (κ3) is 5.85. The van der Waals surface area contributed by atoms with Gasteiger partial charge in [0.25, 0.3) is 5.91 Å². The van der Waals surface area contributed by atoms with Crippen LogP contribution in [0.25, 0.3) is 0 Å². The molecule has 2 rings (SSSR count). The van der Waals surface area contributed by atoms with E-state index in [0.717, 1.165) is 17.2 Å². The molecule has 1 atom stereocenters. The second-order valence-electron chi connectivity index (χ2n) is 5.73. The molecule has 126 valence electrons. The maximum Gasteiger partial charge on any atom is 0.279 e. The number of hydrogen-bond acceptors (Lipinski definition) is 3. The second-order valence-corrected chi connectivity index (χ2v) is 5.73. The molecule has 2 N–H and O–H groups in total. The fourth-order valence-corrected chi connectivity index (χ4v) is 2.24. The van der Waals surface area contributed by atoms with E-state index in [4.69, 9.17) is 4.74 Å². The molecule has 0 radical (unpaired) electrons. The Labute approximate surface area is 142 Å². The van der Waals surface area contributed by atoms with Crippen molar-refractivity contribution in [3.8, 4) is 5.75 Å². The summed E-state index contributed by atoms with van der Waals surface area (Å²) in [4.78, 5) is 24.5. The topological polar surface area (TPSA) is 59.8 Å². The molecule has 0 heterocycles. The standard InChI is InChI=1S/C19H22N2O3/c1-15(22)16-7-6-8-17(13-16)20-19(23)14-21(2)11-12-24-18-9-4-3-5-10-18/h3-10,13H,11-12,14H2,1-2H3,(H,20,23)/p+1. The van der Waals surface area contributed by atoms with E-state index in [1.54, 1.807) is 24.3 Å². The van der Waals surface area contributed by atoms with Gasteiger partial charge in [0.1, 0.15) is 18.9 Å². The lowest BCUT2D eigenvalue weighted by molar-refractivity contribution is -0.871. The van der Waals surface area contributed by atoms with E-state index in [9.17, 15) is 9.59 Å². The number of quaternary nitrogens is 1. The van der Waals surface area contributed by atoms with Crippen molar-refractivity contribution in [2.75, 3.05) is 32.1 Å². The number of rotatable bonds is 8. The second kappa shape index (κ2) is 8.84. The number of benzene rings is 2. The maximum absolute atomic E-state index is 12.1. The molecular formula is C19H23N2O3+. The van der Waals surface area contributed by atoms with Crippen LogP contribution in [-0.4, -0.2) is 38.4 Å². The molecule has 0 bridgehead atoms. The van der Waals surface area contributed by atoms with Gasteiger partial charge in [-0.3, -0.25) is 9.59 Å². The summed E-state index contributed by atoms with van der Waals surface area (Å²) in [6.07, 6.45) is 0. The molecule has 0 saturated carbocycles. The first kappa shape index (κ1) is 17.7. The molecule has 0 aromatic heterocycles. The van der Waals surface area contributed by atoms with E-state index in [2.05, 4.69) is 5.32 Å². The lowest BCUT2D eigenvalue weighted by Gasteiger charge is -2.14. The molecule has 0 aliphatic carbocycles. The molecule has 1 unspecified atom stereocenters. The van der Waals surface area contributed by atoms with Crippen LogP contribution in [0.3, 0.4) is 0 Å². The van der Waals surface area contributed by atoms with Gasteiger partial charge in [-0.2, -0.15) is 0 Å². The summed E-state index contributed by atoms with van der Waals surface area (Å²) in [6.45, 7) is 3.10. The van der Waals surface area contributed by atoms with E-state index in [0.29, 0.717) is 24.4 Å². The maximum atomic E-state index is 12.1. The minimum Gasteiger partial charge on any atom is -0.488 e. The van der Waals surface area contributed by atoms with E-state index >= 15 is 0 Å². The van der Waals surface area contributed by atoms with Gasteiger partial charge in [-0.15, -0.1) is 0 Å². The van der Waals surface area contributed by atoms with Crippen LogP contribution in [0.5, 0.6) is 5.75 Å². The number of nitrogens with one attached hydrogen (secondary N) is 2. The molecular weight excluding hydrogens is 304 g/mol. The monoisotopic (exact) mass is 327 g/mol. The van der Waals surface area contributed by atoms with Gasteiger partial charge in [0.2, 0.25) is 0 Å². The summed E-state index contributed by atoms with van der Waals surface area (Å²) in [5, 5.41) is 2.82. The van der Waals surface area contributed by atoms with Crippen molar-refractivity contribution < 1.29 is 19.2 Å². The molecule has 0 aliphatic rings. The van der Waals surface area contributed by atoms with E-state index < -0.39 is 0 Å². The lowest BCUT2D eigenvalue weighted by atomic mass is 10.1. The third-order valence-electron chi connectivity index (χ3n) is 3.56. The van der Waals surface area contributed by atoms with Crippen molar-refractivity contribution in [3.05, 3.63) is 60.2 Å².